The second-order valence-corrected chi connectivity index (χ2v) is 7.03. The van der Waals surface area contributed by atoms with E-state index in [0.717, 1.165) is 25.2 Å². The van der Waals surface area contributed by atoms with Gasteiger partial charge in [-0.25, -0.2) is 4.99 Å². The lowest BCUT2D eigenvalue weighted by molar-refractivity contribution is -0.127. The third kappa shape index (κ3) is 7.46. The summed E-state index contributed by atoms with van der Waals surface area (Å²) in [6.07, 6.45) is 2.35. The molecule has 1 heterocycles. The molecule has 1 saturated heterocycles. The van der Waals surface area contributed by atoms with Crippen LogP contribution in [-0.4, -0.2) is 81.8 Å². The molecule has 1 aliphatic rings. The van der Waals surface area contributed by atoms with Crippen LogP contribution >= 0.6 is 0 Å². The Kier molecular flexibility index (Phi) is 8.39. The average molecular weight is 377 g/mol. The van der Waals surface area contributed by atoms with Crippen molar-refractivity contribution in [1.82, 2.24) is 15.1 Å². The number of guanidine groups is 1. The van der Waals surface area contributed by atoms with Crippen LogP contribution in [0.1, 0.15) is 18.4 Å². The van der Waals surface area contributed by atoms with Crippen molar-refractivity contribution < 1.29 is 14.3 Å². The van der Waals surface area contributed by atoms with Crippen molar-refractivity contribution in [2.75, 3.05) is 54.0 Å². The molecule has 0 radical (unpaired) electrons. The highest BCUT2D eigenvalue weighted by Gasteiger charge is 2.17. The lowest BCUT2D eigenvalue weighted by Crippen LogP contribution is -2.44. The number of nitrogens with one attached hydrogen (secondary N) is 1. The number of likely N-dealkylation sites (N-methyl/N-ethyl adjacent to an activating group) is 2. The summed E-state index contributed by atoms with van der Waals surface area (Å²) >= 11 is 0. The van der Waals surface area contributed by atoms with Crippen molar-refractivity contribution >= 4 is 11.9 Å². The fourth-order valence-electron chi connectivity index (χ4n) is 2.65. The molecule has 0 saturated carbocycles. The summed E-state index contributed by atoms with van der Waals surface area (Å²) in [7, 11) is 5.41. The van der Waals surface area contributed by atoms with Crippen molar-refractivity contribution in [1.29, 1.82) is 0 Å². The molecule has 1 amide bonds. The Labute approximate surface area is 162 Å². The maximum atomic E-state index is 11.9. The Hall–Kier alpha value is -2.28. The molecule has 0 aromatic heterocycles. The Morgan fingerprint density at radius 1 is 1.30 bits per heavy atom. The molecule has 0 spiro atoms. The molecule has 1 unspecified atom stereocenters. The van der Waals surface area contributed by atoms with E-state index in [9.17, 15) is 4.79 Å². The first-order chi connectivity index (χ1) is 13.0. The van der Waals surface area contributed by atoms with Gasteiger partial charge in [0.05, 0.1) is 12.6 Å². The third-order valence-electron chi connectivity index (χ3n) is 4.45. The third-order valence-corrected chi connectivity index (χ3v) is 4.45. The number of benzene rings is 1. The Balaban J connectivity index is 1.87. The molecule has 0 bridgehead atoms. The van der Waals surface area contributed by atoms with E-state index in [1.165, 1.54) is 5.56 Å². The molecule has 2 rings (SSSR count). The number of ether oxygens (including phenoxy) is 2. The minimum atomic E-state index is -0.0317. The zero-order valence-electron chi connectivity index (χ0n) is 16.9. The SMILES string of the molecule is Cc1ccc(OCCN(C)C(=NCC(=O)N(C)C)NCC2CCCO2)cc1. The van der Waals surface area contributed by atoms with Gasteiger partial charge in [-0.1, -0.05) is 17.7 Å². The molecule has 1 fully saturated rings. The first-order valence-electron chi connectivity index (χ1n) is 9.46. The highest BCUT2D eigenvalue weighted by molar-refractivity contribution is 5.84. The van der Waals surface area contributed by atoms with Crippen LogP contribution in [-0.2, 0) is 9.53 Å². The molecule has 1 aromatic carbocycles. The summed E-state index contributed by atoms with van der Waals surface area (Å²) in [6, 6.07) is 8.00. The number of carbonyl (C=O) groups is 1. The lowest BCUT2D eigenvalue weighted by atomic mass is 10.2. The van der Waals surface area contributed by atoms with Gasteiger partial charge in [-0.2, -0.15) is 0 Å². The number of hydrogen-bond acceptors (Lipinski definition) is 4. The minimum Gasteiger partial charge on any atom is -0.492 e. The topological polar surface area (TPSA) is 66.4 Å². The van der Waals surface area contributed by atoms with Crippen molar-refractivity contribution in [3.63, 3.8) is 0 Å². The van der Waals surface area contributed by atoms with E-state index < -0.39 is 0 Å². The Bertz CT molecular complexity index is 610. The summed E-state index contributed by atoms with van der Waals surface area (Å²) in [5.41, 5.74) is 1.21. The number of aliphatic imine (C=N–C) groups is 1. The van der Waals surface area contributed by atoms with Gasteiger partial charge in [-0.15, -0.1) is 0 Å². The van der Waals surface area contributed by atoms with E-state index in [1.807, 2.05) is 36.2 Å². The van der Waals surface area contributed by atoms with Crippen LogP contribution in [0.5, 0.6) is 5.75 Å². The van der Waals surface area contributed by atoms with Crippen LogP contribution in [0, 0.1) is 6.92 Å². The van der Waals surface area contributed by atoms with Crippen LogP contribution in [0.15, 0.2) is 29.3 Å². The molecule has 1 aromatic rings. The molecule has 7 heteroatoms. The van der Waals surface area contributed by atoms with Crippen LogP contribution in [0.25, 0.3) is 0 Å². The molecule has 1 N–H and O–H groups in total. The zero-order chi connectivity index (χ0) is 19.6. The molecule has 0 aliphatic carbocycles. The summed E-state index contributed by atoms with van der Waals surface area (Å²) in [5, 5.41) is 3.34. The number of rotatable bonds is 8. The first-order valence-corrected chi connectivity index (χ1v) is 9.46. The predicted octanol–water partition coefficient (Wildman–Crippen LogP) is 1.52. The minimum absolute atomic E-state index is 0.0317. The average Bonchev–Trinajstić information content (AvgIpc) is 3.16. The van der Waals surface area contributed by atoms with Crippen molar-refractivity contribution in [2.45, 2.75) is 25.9 Å². The lowest BCUT2D eigenvalue weighted by Gasteiger charge is -2.24. The number of amides is 1. The first kappa shape index (κ1) is 21.0. The summed E-state index contributed by atoms with van der Waals surface area (Å²) in [4.78, 5) is 19.9. The van der Waals surface area contributed by atoms with Gasteiger partial charge in [0.2, 0.25) is 5.91 Å². The van der Waals surface area contributed by atoms with Crippen LogP contribution in [0.3, 0.4) is 0 Å². The highest BCUT2D eigenvalue weighted by atomic mass is 16.5. The summed E-state index contributed by atoms with van der Waals surface area (Å²) in [6.45, 7) is 4.86. The van der Waals surface area contributed by atoms with Crippen LogP contribution in [0.4, 0.5) is 0 Å². The van der Waals surface area contributed by atoms with Gasteiger partial charge < -0.3 is 24.6 Å². The van der Waals surface area contributed by atoms with Gasteiger partial charge in [0.15, 0.2) is 5.96 Å². The van der Waals surface area contributed by atoms with Gasteiger partial charge in [-0.05, 0) is 31.9 Å². The molecule has 1 aliphatic heterocycles. The van der Waals surface area contributed by atoms with Gasteiger partial charge in [-0.3, -0.25) is 4.79 Å². The molecule has 27 heavy (non-hydrogen) atoms. The number of nitrogens with zero attached hydrogens (tertiary/aromatic N) is 3. The fraction of sp³-hybridized carbons (Fsp3) is 0.600. The number of hydrogen-bond donors (Lipinski definition) is 1. The standard InChI is InChI=1S/C20H32N4O3/c1-16-7-9-17(10-8-16)27-13-11-24(4)20(22-15-19(25)23(2)3)21-14-18-6-5-12-26-18/h7-10,18H,5-6,11-15H2,1-4H3,(H,21,22). The summed E-state index contributed by atoms with van der Waals surface area (Å²) in [5.74, 6) is 1.51. The van der Waals surface area contributed by atoms with E-state index in [0.29, 0.717) is 25.7 Å². The molecular weight excluding hydrogens is 344 g/mol. The molecule has 7 nitrogen and oxygen atoms in total. The number of carbonyl (C=O) groups excluding carboxylic acids is 1. The highest BCUT2D eigenvalue weighted by Crippen LogP contribution is 2.12. The second kappa shape index (κ2) is 10.8. The second-order valence-electron chi connectivity index (χ2n) is 7.03. The Morgan fingerprint density at radius 2 is 2.04 bits per heavy atom. The van der Waals surface area contributed by atoms with E-state index in [-0.39, 0.29) is 18.6 Å². The van der Waals surface area contributed by atoms with Crippen molar-refractivity contribution in [3.8, 4) is 5.75 Å². The quantitative estimate of drug-likeness (QED) is 0.550. The predicted molar refractivity (Wildman–Crippen MR) is 107 cm³/mol. The van der Waals surface area contributed by atoms with E-state index in [2.05, 4.69) is 17.2 Å². The zero-order valence-corrected chi connectivity index (χ0v) is 16.9. The summed E-state index contributed by atoms with van der Waals surface area (Å²) < 4.78 is 11.5. The molecule has 150 valence electrons. The van der Waals surface area contributed by atoms with Crippen LogP contribution in [0.2, 0.25) is 0 Å². The normalized spacial score (nSPS) is 16.9. The smallest absolute Gasteiger partial charge is 0.243 e. The van der Waals surface area contributed by atoms with E-state index in [1.54, 1.807) is 19.0 Å². The monoisotopic (exact) mass is 376 g/mol. The number of aryl methyl sites for hydroxylation is 1. The van der Waals surface area contributed by atoms with E-state index in [4.69, 9.17) is 9.47 Å². The van der Waals surface area contributed by atoms with E-state index >= 15 is 0 Å². The van der Waals surface area contributed by atoms with Gasteiger partial charge in [0.25, 0.3) is 0 Å². The molecular formula is C20H32N4O3. The van der Waals surface area contributed by atoms with Crippen molar-refractivity contribution in [2.24, 2.45) is 4.99 Å². The van der Waals surface area contributed by atoms with Gasteiger partial charge >= 0.3 is 0 Å². The maximum absolute atomic E-state index is 11.9. The molecule has 1 atom stereocenters. The van der Waals surface area contributed by atoms with Gasteiger partial charge in [0.1, 0.15) is 18.9 Å². The van der Waals surface area contributed by atoms with Crippen molar-refractivity contribution in [3.05, 3.63) is 29.8 Å². The van der Waals surface area contributed by atoms with Crippen LogP contribution < -0.4 is 10.1 Å². The Morgan fingerprint density at radius 3 is 2.67 bits per heavy atom. The fourth-order valence-corrected chi connectivity index (χ4v) is 2.65. The van der Waals surface area contributed by atoms with Gasteiger partial charge in [0, 0.05) is 34.3 Å². The largest absolute Gasteiger partial charge is 0.492 e. The maximum Gasteiger partial charge on any atom is 0.243 e.